The van der Waals surface area contributed by atoms with Crippen LogP contribution in [-0.4, -0.2) is 21.9 Å². The van der Waals surface area contributed by atoms with Gasteiger partial charge in [-0.3, -0.25) is 9.59 Å². The first-order valence-electron chi connectivity index (χ1n) is 9.50. The predicted molar refractivity (Wildman–Crippen MR) is 112 cm³/mol. The van der Waals surface area contributed by atoms with Crippen LogP contribution in [-0.2, 0) is 6.54 Å². The number of aryl methyl sites for hydroxylation is 2. The lowest BCUT2D eigenvalue weighted by atomic mass is 10.1. The van der Waals surface area contributed by atoms with Crippen LogP contribution >= 0.6 is 0 Å². The summed E-state index contributed by atoms with van der Waals surface area (Å²) < 4.78 is 1.39. The Balaban J connectivity index is 1.90. The molecule has 1 heterocycles. The van der Waals surface area contributed by atoms with Crippen LogP contribution in [0.5, 0.6) is 0 Å². The summed E-state index contributed by atoms with van der Waals surface area (Å²) >= 11 is 0. The van der Waals surface area contributed by atoms with E-state index in [9.17, 15) is 9.59 Å². The van der Waals surface area contributed by atoms with Crippen molar-refractivity contribution in [3.8, 4) is 0 Å². The fourth-order valence-corrected chi connectivity index (χ4v) is 3.01. The molecule has 1 aromatic heterocycles. The number of nitrogens with zero attached hydrogens (tertiary/aromatic N) is 3. The highest BCUT2D eigenvalue weighted by Crippen LogP contribution is 2.13. The maximum Gasteiger partial charge on any atom is 0.292 e. The SMILES string of the molecule is CCCCCn1nc(C(=O)N/N=C\c2ccccc2C)c2ccccc2c1=O. The zero-order chi connectivity index (χ0) is 19.9. The van der Waals surface area contributed by atoms with Gasteiger partial charge in [0.05, 0.1) is 11.6 Å². The van der Waals surface area contributed by atoms with Gasteiger partial charge in [-0.05, 0) is 30.5 Å². The van der Waals surface area contributed by atoms with E-state index in [1.54, 1.807) is 30.5 Å². The molecule has 0 atom stereocenters. The summed E-state index contributed by atoms with van der Waals surface area (Å²) in [6.45, 7) is 4.57. The first-order chi connectivity index (χ1) is 13.6. The summed E-state index contributed by atoms with van der Waals surface area (Å²) in [7, 11) is 0. The number of aromatic nitrogens is 2. The van der Waals surface area contributed by atoms with Crippen molar-refractivity contribution in [2.75, 3.05) is 0 Å². The molecule has 0 saturated carbocycles. The lowest BCUT2D eigenvalue weighted by Gasteiger charge is -2.10. The van der Waals surface area contributed by atoms with Crippen molar-refractivity contribution in [1.29, 1.82) is 0 Å². The lowest BCUT2D eigenvalue weighted by Crippen LogP contribution is -2.29. The maximum absolute atomic E-state index is 12.7. The highest BCUT2D eigenvalue weighted by molar-refractivity contribution is 6.05. The number of unbranched alkanes of at least 4 members (excludes halogenated alkanes) is 2. The van der Waals surface area contributed by atoms with Crippen molar-refractivity contribution in [2.24, 2.45) is 5.10 Å². The van der Waals surface area contributed by atoms with Gasteiger partial charge >= 0.3 is 0 Å². The molecule has 28 heavy (non-hydrogen) atoms. The van der Waals surface area contributed by atoms with Gasteiger partial charge in [0.2, 0.25) is 0 Å². The second-order valence-electron chi connectivity index (χ2n) is 6.69. The van der Waals surface area contributed by atoms with Crippen molar-refractivity contribution >= 4 is 22.9 Å². The van der Waals surface area contributed by atoms with Crippen LogP contribution in [0.3, 0.4) is 0 Å². The zero-order valence-electron chi connectivity index (χ0n) is 16.2. The van der Waals surface area contributed by atoms with Gasteiger partial charge in [0, 0.05) is 11.9 Å². The molecule has 3 aromatic rings. The third kappa shape index (κ3) is 4.34. The molecule has 0 bridgehead atoms. The van der Waals surface area contributed by atoms with Crippen LogP contribution in [0, 0.1) is 6.92 Å². The van der Waals surface area contributed by atoms with Gasteiger partial charge in [0.1, 0.15) is 0 Å². The molecule has 2 aromatic carbocycles. The minimum absolute atomic E-state index is 0.174. The van der Waals surface area contributed by atoms with Crippen molar-refractivity contribution < 1.29 is 4.79 Å². The molecule has 0 spiro atoms. The zero-order valence-corrected chi connectivity index (χ0v) is 16.2. The summed E-state index contributed by atoms with van der Waals surface area (Å²) in [4.78, 5) is 25.4. The molecule has 144 valence electrons. The highest BCUT2D eigenvalue weighted by Gasteiger charge is 2.16. The minimum Gasteiger partial charge on any atom is -0.267 e. The summed E-state index contributed by atoms with van der Waals surface area (Å²) in [5.41, 5.74) is 4.55. The van der Waals surface area contributed by atoms with Crippen molar-refractivity contribution in [2.45, 2.75) is 39.7 Å². The maximum atomic E-state index is 12.7. The van der Waals surface area contributed by atoms with Crippen LogP contribution in [0.2, 0.25) is 0 Å². The predicted octanol–water partition coefficient (Wildman–Crippen LogP) is 3.66. The van der Waals surface area contributed by atoms with Crippen LogP contribution in [0.1, 0.15) is 47.8 Å². The average molecular weight is 376 g/mol. The Morgan fingerprint density at radius 2 is 1.82 bits per heavy atom. The molecule has 0 saturated heterocycles. The van der Waals surface area contributed by atoms with Crippen LogP contribution in [0.25, 0.3) is 10.8 Å². The molecule has 0 aliphatic rings. The third-order valence-corrected chi connectivity index (χ3v) is 4.61. The number of fused-ring (bicyclic) bond motifs is 1. The summed E-state index contributed by atoms with van der Waals surface area (Å²) in [5.74, 6) is -0.440. The third-order valence-electron chi connectivity index (χ3n) is 4.61. The molecule has 3 rings (SSSR count). The largest absolute Gasteiger partial charge is 0.292 e. The van der Waals surface area contributed by atoms with E-state index < -0.39 is 5.91 Å². The fourth-order valence-electron chi connectivity index (χ4n) is 3.01. The molecule has 6 nitrogen and oxygen atoms in total. The van der Waals surface area contributed by atoms with Gasteiger partial charge in [-0.2, -0.15) is 10.2 Å². The number of nitrogens with one attached hydrogen (secondary N) is 1. The van der Waals surface area contributed by atoms with E-state index in [2.05, 4.69) is 22.5 Å². The number of rotatable bonds is 7. The summed E-state index contributed by atoms with van der Waals surface area (Å²) in [6.07, 6.45) is 4.49. The number of hydrogen-bond acceptors (Lipinski definition) is 4. The van der Waals surface area contributed by atoms with Gasteiger partial charge in [-0.15, -0.1) is 0 Å². The van der Waals surface area contributed by atoms with E-state index in [0.29, 0.717) is 17.3 Å². The number of hydrazone groups is 1. The van der Waals surface area contributed by atoms with Crippen LogP contribution in [0.4, 0.5) is 0 Å². The Kier molecular flexibility index (Phi) is 6.32. The molecule has 0 aliphatic heterocycles. The second-order valence-corrected chi connectivity index (χ2v) is 6.69. The van der Waals surface area contributed by atoms with E-state index in [-0.39, 0.29) is 11.3 Å². The quantitative estimate of drug-likeness (QED) is 0.388. The molecule has 1 N–H and O–H groups in total. The summed E-state index contributed by atoms with van der Waals surface area (Å²) in [5, 5.41) is 9.41. The van der Waals surface area contributed by atoms with Crippen LogP contribution < -0.4 is 11.0 Å². The van der Waals surface area contributed by atoms with Crippen LogP contribution in [0.15, 0.2) is 58.4 Å². The average Bonchev–Trinajstić information content (AvgIpc) is 2.71. The number of amides is 1. The molecule has 6 heteroatoms. The van der Waals surface area contributed by atoms with Crippen molar-refractivity contribution in [3.63, 3.8) is 0 Å². The van der Waals surface area contributed by atoms with Gasteiger partial charge in [0.25, 0.3) is 11.5 Å². The Labute approximate surface area is 163 Å². The van der Waals surface area contributed by atoms with E-state index in [4.69, 9.17) is 0 Å². The van der Waals surface area contributed by atoms with Gasteiger partial charge in [0.15, 0.2) is 5.69 Å². The Morgan fingerprint density at radius 1 is 1.11 bits per heavy atom. The standard InChI is InChI=1S/C22H24N4O2/c1-3-4-9-14-26-22(28)19-13-8-7-12-18(19)20(25-26)21(27)24-23-15-17-11-6-5-10-16(17)2/h5-8,10-13,15H,3-4,9,14H2,1-2H3,(H,24,27)/b23-15-. The molecule has 0 unspecified atom stereocenters. The molecule has 0 fully saturated rings. The fraction of sp³-hybridized carbons (Fsp3) is 0.273. The first kappa shape index (κ1) is 19.5. The molecule has 0 radical (unpaired) electrons. The first-order valence-corrected chi connectivity index (χ1v) is 9.50. The topological polar surface area (TPSA) is 76.3 Å². The second kappa shape index (κ2) is 9.08. The van der Waals surface area contributed by atoms with Crippen molar-refractivity contribution in [1.82, 2.24) is 15.2 Å². The van der Waals surface area contributed by atoms with Gasteiger partial charge in [-0.1, -0.05) is 62.2 Å². The number of carbonyl (C=O) groups excluding carboxylic acids is 1. The number of carbonyl (C=O) groups is 1. The lowest BCUT2D eigenvalue weighted by molar-refractivity contribution is 0.0949. The van der Waals surface area contributed by atoms with E-state index in [1.165, 1.54) is 4.68 Å². The Hall–Kier alpha value is -3.28. The van der Waals surface area contributed by atoms with Gasteiger partial charge < -0.3 is 0 Å². The van der Waals surface area contributed by atoms with E-state index in [0.717, 1.165) is 30.4 Å². The van der Waals surface area contributed by atoms with E-state index in [1.807, 2.05) is 31.2 Å². The monoisotopic (exact) mass is 376 g/mol. The Bertz CT molecular complexity index is 1070. The normalized spacial score (nSPS) is 11.2. The smallest absolute Gasteiger partial charge is 0.267 e. The number of hydrogen-bond donors (Lipinski definition) is 1. The molecular formula is C22H24N4O2. The van der Waals surface area contributed by atoms with Crippen molar-refractivity contribution in [3.05, 3.63) is 75.7 Å². The molecule has 1 amide bonds. The number of benzene rings is 2. The van der Waals surface area contributed by atoms with Gasteiger partial charge in [-0.25, -0.2) is 10.1 Å². The minimum atomic E-state index is -0.440. The molecule has 0 aliphatic carbocycles. The van der Waals surface area contributed by atoms with E-state index >= 15 is 0 Å². The summed E-state index contributed by atoms with van der Waals surface area (Å²) in [6, 6.07) is 14.8. The Morgan fingerprint density at radius 3 is 2.57 bits per heavy atom. The highest BCUT2D eigenvalue weighted by atomic mass is 16.2. The molecular weight excluding hydrogens is 352 g/mol.